The zero-order valence-electron chi connectivity index (χ0n) is 12.8. The third kappa shape index (κ3) is 3.14. The van der Waals surface area contributed by atoms with Gasteiger partial charge in [0.1, 0.15) is 18.0 Å². The number of benzene rings is 1. The van der Waals surface area contributed by atoms with E-state index in [1.165, 1.54) is 32.1 Å². The van der Waals surface area contributed by atoms with Gasteiger partial charge in [-0.25, -0.2) is 0 Å². The van der Waals surface area contributed by atoms with Gasteiger partial charge in [0, 0.05) is 17.5 Å². The van der Waals surface area contributed by atoms with Gasteiger partial charge in [-0.2, -0.15) is 0 Å². The molecule has 1 aliphatic rings. The Morgan fingerprint density at radius 1 is 1.29 bits per heavy atom. The first-order valence-electron chi connectivity index (χ1n) is 8.12. The van der Waals surface area contributed by atoms with Gasteiger partial charge in [0.2, 0.25) is 0 Å². The largest absolute Gasteiger partial charge is 0.458 e. The number of hydrogen-bond donors (Lipinski definition) is 1. The SMILES string of the molecule is CCC1CCCC(OCc2oc3ccccc3c2CN)C1. The van der Waals surface area contributed by atoms with Gasteiger partial charge in [-0.15, -0.1) is 0 Å². The van der Waals surface area contributed by atoms with E-state index in [4.69, 9.17) is 14.9 Å². The minimum absolute atomic E-state index is 0.377. The molecule has 2 aromatic rings. The number of hydrogen-bond acceptors (Lipinski definition) is 3. The van der Waals surface area contributed by atoms with Crippen LogP contribution in [0.1, 0.15) is 50.4 Å². The van der Waals surface area contributed by atoms with Crippen LogP contribution in [0.25, 0.3) is 11.0 Å². The summed E-state index contributed by atoms with van der Waals surface area (Å²) in [7, 11) is 0. The predicted octanol–water partition coefficient (Wildman–Crippen LogP) is 4.38. The average Bonchev–Trinajstić information content (AvgIpc) is 2.90. The van der Waals surface area contributed by atoms with Crippen LogP contribution in [0, 0.1) is 5.92 Å². The smallest absolute Gasteiger partial charge is 0.135 e. The van der Waals surface area contributed by atoms with Crippen molar-refractivity contribution in [2.75, 3.05) is 0 Å². The minimum Gasteiger partial charge on any atom is -0.458 e. The Kier molecular flexibility index (Phi) is 4.61. The maximum atomic E-state index is 6.12. The van der Waals surface area contributed by atoms with Gasteiger partial charge in [0.25, 0.3) is 0 Å². The van der Waals surface area contributed by atoms with E-state index in [-0.39, 0.29) is 0 Å². The molecule has 3 rings (SSSR count). The van der Waals surface area contributed by atoms with Crippen molar-refractivity contribution in [2.45, 2.75) is 58.3 Å². The maximum absolute atomic E-state index is 6.12. The van der Waals surface area contributed by atoms with Crippen molar-refractivity contribution >= 4 is 11.0 Å². The highest BCUT2D eigenvalue weighted by Crippen LogP contribution is 2.31. The number of rotatable bonds is 5. The molecule has 3 nitrogen and oxygen atoms in total. The van der Waals surface area contributed by atoms with Crippen LogP contribution in [-0.2, 0) is 17.9 Å². The average molecular weight is 287 g/mol. The Morgan fingerprint density at radius 2 is 2.14 bits per heavy atom. The number of furan rings is 1. The van der Waals surface area contributed by atoms with E-state index in [9.17, 15) is 0 Å². The fourth-order valence-electron chi connectivity index (χ4n) is 3.45. The van der Waals surface area contributed by atoms with Gasteiger partial charge < -0.3 is 14.9 Å². The number of fused-ring (bicyclic) bond motifs is 1. The van der Waals surface area contributed by atoms with Crippen molar-refractivity contribution in [3.05, 3.63) is 35.6 Å². The van der Waals surface area contributed by atoms with E-state index < -0.39 is 0 Å². The third-order valence-corrected chi connectivity index (χ3v) is 4.75. The highest BCUT2D eigenvalue weighted by molar-refractivity contribution is 5.82. The van der Waals surface area contributed by atoms with Crippen molar-refractivity contribution in [1.82, 2.24) is 0 Å². The summed E-state index contributed by atoms with van der Waals surface area (Å²) in [4.78, 5) is 0. The summed E-state index contributed by atoms with van der Waals surface area (Å²) in [5.74, 6) is 1.73. The molecular formula is C18H25NO2. The van der Waals surface area contributed by atoms with Crippen LogP contribution in [0.5, 0.6) is 0 Å². The van der Waals surface area contributed by atoms with Crippen molar-refractivity contribution in [3.8, 4) is 0 Å². The summed E-state index contributed by atoms with van der Waals surface area (Å²) in [6.45, 7) is 3.32. The van der Waals surface area contributed by atoms with Gasteiger partial charge in [-0.05, 0) is 24.8 Å². The van der Waals surface area contributed by atoms with Crippen LogP contribution in [0.4, 0.5) is 0 Å². The molecule has 0 amide bonds. The highest BCUT2D eigenvalue weighted by Gasteiger charge is 2.22. The number of nitrogens with two attached hydrogens (primary N) is 1. The van der Waals surface area contributed by atoms with Crippen LogP contribution >= 0.6 is 0 Å². The fourth-order valence-corrected chi connectivity index (χ4v) is 3.45. The lowest BCUT2D eigenvalue weighted by atomic mass is 9.85. The Labute approximate surface area is 126 Å². The Morgan fingerprint density at radius 3 is 2.95 bits per heavy atom. The molecule has 2 atom stereocenters. The van der Waals surface area contributed by atoms with Gasteiger partial charge in [-0.3, -0.25) is 0 Å². The molecule has 0 spiro atoms. The lowest BCUT2D eigenvalue weighted by Crippen LogP contribution is -2.22. The monoisotopic (exact) mass is 287 g/mol. The van der Waals surface area contributed by atoms with E-state index in [2.05, 4.69) is 13.0 Å². The van der Waals surface area contributed by atoms with Crippen molar-refractivity contribution in [3.63, 3.8) is 0 Å². The van der Waals surface area contributed by atoms with Crippen molar-refractivity contribution in [2.24, 2.45) is 11.7 Å². The molecule has 1 saturated carbocycles. The Bertz CT molecular complexity index is 590. The molecule has 1 aromatic heterocycles. The van der Waals surface area contributed by atoms with Crippen LogP contribution in [0.3, 0.4) is 0 Å². The van der Waals surface area contributed by atoms with Crippen LogP contribution in [0.2, 0.25) is 0 Å². The summed E-state index contributed by atoms with van der Waals surface area (Å²) in [6.07, 6.45) is 6.65. The van der Waals surface area contributed by atoms with E-state index in [1.807, 2.05) is 18.2 Å². The highest BCUT2D eigenvalue weighted by atomic mass is 16.5. The lowest BCUT2D eigenvalue weighted by Gasteiger charge is -2.28. The Balaban J connectivity index is 1.70. The second-order valence-electron chi connectivity index (χ2n) is 6.08. The molecule has 2 unspecified atom stereocenters. The molecule has 1 fully saturated rings. The third-order valence-electron chi connectivity index (χ3n) is 4.75. The molecule has 2 N–H and O–H groups in total. The molecule has 1 aromatic carbocycles. The molecule has 0 bridgehead atoms. The minimum atomic E-state index is 0.377. The zero-order chi connectivity index (χ0) is 14.7. The fraction of sp³-hybridized carbons (Fsp3) is 0.556. The van der Waals surface area contributed by atoms with Gasteiger partial charge in [0.15, 0.2) is 0 Å². The normalized spacial score (nSPS) is 22.8. The van der Waals surface area contributed by atoms with E-state index >= 15 is 0 Å². The Hall–Kier alpha value is -1.32. The molecule has 21 heavy (non-hydrogen) atoms. The second kappa shape index (κ2) is 6.63. The predicted molar refractivity (Wildman–Crippen MR) is 84.9 cm³/mol. The first-order valence-corrected chi connectivity index (χ1v) is 8.12. The number of para-hydroxylation sites is 1. The standard InChI is InChI=1S/C18H25NO2/c1-2-13-6-5-7-14(10-13)20-12-18-16(11-19)15-8-3-4-9-17(15)21-18/h3-4,8-9,13-14H,2,5-7,10-12,19H2,1H3. The molecule has 0 aliphatic heterocycles. The molecule has 1 heterocycles. The second-order valence-corrected chi connectivity index (χ2v) is 6.08. The summed E-state index contributed by atoms with van der Waals surface area (Å²) < 4.78 is 12.1. The first kappa shape index (κ1) is 14.6. The molecule has 114 valence electrons. The molecule has 3 heteroatoms. The van der Waals surface area contributed by atoms with Crippen molar-refractivity contribution in [1.29, 1.82) is 0 Å². The van der Waals surface area contributed by atoms with Gasteiger partial charge >= 0.3 is 0 Å². The van der Waals surface area contributed by atoms with Crippen LogP contribution < -0.4 is 5.73 Å². The molecule has 0 radical (unpaired) electrons. The zero-order valence-corrected chi connectivity index (χ0v) is 12.8. The van der Waals surface area contributed by atoms with E-state index in [1.54, 1.807) is 0 Å². The molecular weight excluding hydrogens is 262 g/mol. The quantitative estimate of drug-likeness (QED) is 0.888. The summed E-state index contributed by atoms with van der Waals surface area (Å²) >= 11 is 0. The van der Waals surface area contributed by atoms with E-state index in [0.717, 1.165) is 28.2 Å². The topological polar surface area (TPSA) is 48.4 Å². The van der Waals surface area contributed by atoms with Crippen LogP contribution in [-0.4, -0.2) is 6.10 Å². The van der Waals surface area contributed by atoms with Gasteiger partial charge in [-0.1, -0.05) is 44.4 Å². The van der Waals surface area contributed by atoms with Gasteiger partial charge in [0.05, 0.1) is 6.10 Å². The van der Waals surface area contributed by atoms with Crippen LogP contribution in [0.15, 0.2) is 28.7 Å². The summed E-state index contributed by atoms with van der Waals surface area (Å²) in [5.41, 5.74) is 7.90. The summed E-state index contributed by atoms with van der Waals surface area (Å²) in [5, 5.41) is 1.12. The van der Waals surface area contributed by atoms with E-state index in [0.29, 0.717) is 19.3 Å². The first-order chi connectivity index (χ1) is 10.3. The summed E-state index contributed by atoms with van der Waals surface area (Å²) in [6, 6.07) is 8.07. The lowest BCUT2D eigenvalue weighted by molar-refractivity contribution is -0.00520. The maximum Gasteiger partial charge on any atom is 0.135 e. The van der Waals surface area contributed by atoms with Crippen molar-refractivity contribution < 1.29 is 9.15 Å². The molecule has 1 aliphatic carbocycles. The molecule has 0 saturated heterocycles. The number of ether oxygens (including phenoxy) is 1.